The molecule has 0 atom stereocenters. The summed E-state index contributed by atoms with van der Waals surface area (Å²) in [6.45, 7) is 4.77. The lowest BCUT2D eigenvalue weighted by atomic mass is 10.1. The van der Waals surface area contributed by atoms with Gasteiger partial charge in [-0.1, -0.05) is 26.0 Å². The van der Waals surface area contributed by atoms with Gasteiger partial charge in [-0.3, -0.25) is 0 Å². The number of benzene rings is 1. The Morgan fingerprint density at radius 2 is 2.24 bits per heavy atom. The van der Waals surface area contributed by atoms with Crippen molar-refractivity contribution in [3.8, 4) is 5.69 Å². The summed E-state index contributed by atoms with van der Waals surface area (Å²) >= 11 is 0. The lowest BCUT2D eigenvalue weighted by Gasteiger charge is -2.13. The van der Waals surface area contributed by atoms with E-state index >= 15 is 0 Å². The summed E-state index contributed by atoms with van der Waals surface area (Å²) in [7, 11) is 0. The van der Waals surface area contributed by atoms with Gasteiger partial charge >= 0.3 is 0 Å². The molecule has 0 aliphatic rings. The third-order valence-corrected chi connectivity index (χ3v) is 2.53. The third kappa shape index (κ3) is 2.71. The van der Waals surface area contributed by atoms with Gasteiger partial charge in [0.05, 0.1) is 12.0 Å². The first kappa shape index (κ1) is 11.8. The van der Waals surface area contributed by atoms with Gasteiger partial charge in [0, 0.05) is 25.0 Å². The van der Waals surface area contributed by atoms with Gasteiger partial charge in [0.2, 0.25) is 0 Å². The van der Waals surface area contributed by atoms with Crippen LogP contribution in [0.25, 0.3) is 5.69 Å². The number of rotatable bonds is 4. The zero-order valence-corrected chi connectivity index (χ0v) is 10.0. The average molecular weight is 233 g/mol. The highest BCUT2D eigenvalue weighted by Crippen LogP contribution is 2.18. The maximum absolute atomic E-state index is 13.9. The van der Waals surface area contributed by atoms with Crippen molar-refractivity contribution in [1.82, 2.24) is 14.9 Å². The van der Waals surface area contributed by atoms with Crippen LogP contribution in [-0.2, 0) is 6.54 Å². The largest absolute Gasteiger partial charge is 0.310 e. The van der Waals surface area contributed by atoms with Crippen molar-refractivity contribution >= 4 is 0 Å². The van der Waals surface area contributed by atoms with Gasteiger partial charge in [-0.05, 0) is 11.6 Å². The molecule has 0 amide bonds. The Labute approximate surface area is 100 Å². The van der Waals surface area contributed by atoms with E-state index in [0.29, 0.717) is 18.3 Å². The highest BCUT2D eigenvalue weighted by molar-refractivity contribution is 5.42. The van der Waals surface area contributed by atoms with Crippen molar-refractivity contribution in [1.29, 1.82) is 0 Å². The number of halogens is 1. The number of aromatic nitrogens is 2. The van der Waals surface area contributed by atoms with E-state index in [4.69, 9.17) is 0 Å². The maximum Gasteiger partial charge on any atom is 0.147 e. The molecular formula is C13H16FN3. The lowest BCUT2D eigenvalue weighted by molar-refractivity contribution is 0.577. The molecule has 0 saturated carbocycles. The van der Waals surface area contributed by atoms with Gasteiger partial charge in [0.15, 0.2) is 0 Å². The number of nitrogens with one attached hydrogen (secondary N) is 1. The van der Waals surface area contributed by atoms with E-state index in [-0.39, 0.29) is 5.82 Å². The second-order valence-corrected chi connectivity index (χ2v) is 4.25. The van der Waals surface area contributed by atoms with E-state index in [1.807, 2.05) is 6.07 Å². The molecule has 1 aromatic heterocycles. The van der Waals surface area contributed by atoms with E-state index in [1.54, 1.807) is 29.4 Å². The average Bonchev–Trinajstić information content (AvgIpc) is 2.79. The minimum absolute atomic E-state index is 0.231. The van der Waals surface area contributed by atoms with Gasteiger partial charge in [-0.25, -0.2) is 9.37 Å². The second kappa shape index (κ2) is 5.10. The molecule has 2 aromatic rings. The molecule has 17 heavy (non-hydrogen) atoms. The summed E-state index contributed by atoms with van der Waals surface area (Å²) in [6.07, 6.45) is 5.00. The molecule has 0 radical (unpaired) electrons. The van der Waals surface area contributed by atoms with Gasteiger partial charge in [0.25, 0.3) is 0 Å². The summed E-state index contributed by atoms with van der Waals surface area (Å²) in [5, 5.41) is 3.29. The van der Waals surface area contributed by atoms with Crippen molar-refractivity contribution in [2.24, 2.45) is 0 Å². The van der Waals surface area contributed by atoms with E-state index in [9.17, 15) is 4.39 Å². The van der Waals surface area contributed by atoms with Crippen molar-refractivity contribution in [2.45, 2.75) is 26.4 Å². The van der Waals surface area contributed by atoms with Crippen LogP contribution in [0.4, 0.5) is 4.39 Å². The molecule has 0 fully saturated rings. The van der Waals surface area contributed by atoms with Crippen LogP contribution in [0.2, 0.25) is 0 Å². The molecule has 0 saturated heterocycles. The summed E-state index contributed by atoms with van der Waals surface area (Å²) < 4.78 is 15.6. The van der Waals surface area contributed by atoms with Crippen LogP contribution in [-0.4, -0.2) is 15.6 Å². The van der Waals surface area contributed by atoms with Crippen molar-refractivity contribution in [3.63, 3.8) is 0 Å². The molecule has 0 aliphatic heterocycles. The third-order valence-electron chi connectivity index (χ3n) is 2.53. The Bertz CT molecular complexity index is 477. The molecule has 3 nitrogen and oxygen atoms in total. The summed E-state index contributed by atoms with van der Waals surface area (Å²) in [4.78, 5) is 3.95. The number of hydrogen-bond acceptors (Lipinski definition) is 2. The van der Waals surface area contributed by atoms with Crippen LogP contribution < -0.4 is 5.32 Å². The van der Waals surface area contributed by atoms with E-state index in [1.165, 1.54) is 6.07 Å². The predicted molar refractivity (Wildman–Crippen MR) is 65.5 cm³/mol. The number of para-hydroxylation sites is 1. The molecule has 1 aromatic carbocycles. The summed E-state index contributed by atoms with van der Waals surface area (Å²) in [6, 6.07) is 5.49. The van der Waals surface area contributed by atoms with Crippen molar-refractivity contribution in [3.05, 3.63) is 48.3 Å². The topological polar surface area (TPSA) is 29.9 Å². The highest BCUT2D eigenvalue weighted by atomic mass is 19.1. The molecule has 0 bridgehead atoms. The summed E-state index contributed by atoms with van der Waals surface area (Å²) in [5.41, 5.74) is 1.50. The Morgan fingerprint density at radius 3 is 2.88 bits per heavy atom. The van der Waals surface area contributed by atoms with E-state index in [2.05, 4.69) is 24.1 Å². The smallest absolute Gasteiger partial charge is 0.147 e. The molecule has 90 valence electrons. The summed E-state index contributed by atoms with van der Waals surface area (Å²) in [5.74, 6) is -0.231. The number of nitrogens with zero attached hydrogens (tertiary/aromatic N) is 2. The zero-order chi connectivity index (χ0) is 12.3. The first-order chi connectivity index (χ1) is 8.18. The predicted octanol–water partition coefficient (Wildman–Crippen LogP) is 2.51. The normalized spacial score (nSPS) is 11.1. The van der Waals surface area contributed by atoms with E-state index < -0.39 is 0 Å². The second-order valence-electron chi connectivity index (χ2n) is 4.25. The Morgan fingerprint density at radius 1 is 1.41 bits per heavy atom. The first-order valence-corrected chi connectivity index (χ1v) is 5.67. The fourth-order valence-corrected chi connectivity index (χ4v) is 1.70. The van der Waals surface area contributed by atoms with Crippen LogP contribution in [0.15, 0.2) is 36.9 Å². The lowest BCUT2D eigenvalue weighted by Crippen LogP contribution is -2.22. The molecule has 4 heteroatoms. The van der Waals surface area contributed by atoms with Gasteiger partial charge in [0.1, 0.15) is 5.82 Å². The van der Waals surface area contributed by atoms with Crippen molar-refractivity contribution < 1.29 is 4.39 Å². The monoisotopic (exact) mass is 233 g/mol. The van der Waals surface area contributed by atoms with E-state index in [0.717, 1.165) is 5.56 Å². The Kier molecular flexibility index (Phi) is 3.54. The fraction of sp³-hybridized carbons (Fsp3) is 0.308. The standard InChI is InChI=1S/C13H16FN3/c1-10(2)16-8-11-4-3-5-12(14)13(11)17-7-6-15-9-17/h3-7,9-10,16H,8H2,1-2H3. The van der Waals surface area contributed by atoms with Gasteiger partial charge < -0.3 is 9.88 Å². The highest BCUT2D eigenvalue weighted by Gasteiger charge is 2.10. The quantitative estimate of drug-likeness (QED) is 0.879. The Balaban J connectivity index is 2.35. The minimum Gasteiger partial charge on any atom is -0.310 e. The minimum atomic E-state index is -0.231. The van der Waals surface area contributed by atoms with Crippen LogP contribution in [0, 0.1) is 5.82 Å². The number of imidazole rings is 1. The molecule has 2 rings (SSSR count). The van der Waals surface area contributed by atoms with Crippen LogP contribution in [0.1, 0.15) is 19.4 Å². The molecule has 0 aliphatic carbocycles. The van der Waals surface area contributed by atoms with Crippen LogP contribution in [0.3, 0.4) is 0 Å². The SMILES string of the molecule is CC(C)NCc1cccc(F)c1-n1ccnc1. The molecule has 1 N–H and O–H groups in total. The Hall–Kier alpha value is -1.68. The van der Waals surface area contributed by atoms with Gasteiger partial charge in [-0.2, -0.15) is 0 Å². The first-order valence-electron chi connectivity index (χ1n) is 5.67. The van der Waals surface area contributed by atoms with Crippen LogP contribution >= 0.6 is 0 Å². The fourth-order valence-electron chi connectivity index (χ4n) is 1.70. The van der Waals surface area contributed by atoms with Gasteiger partial charge in [-0.15, -0.1) is 0 Å². The molecule has 0 unspecified atom stereocenters. The zero-order valence-electron chi connectivity index (χ0n) is 10.0. The molecule has 1 heterocycles. The van der Waals surface area contributed by atoms with Crippen molar-refractivity contribution in [2.75, 3.05) is 0 Å². The molecule has 0 spiro atoms. The maximum atomic E-state index is 13.9. The number of hydrogen-bond donors (Lipinski definition) is 1. The van der Waals surface area contributed by atoms with Crippen LogP contribution in [0.5, 0.6) is 0 Å². The molecular weight excluding hydrogens is 217 g/mol.